The molecular weight excluding hydrogens is 308 g/mol. The summed E-state index contributed by atoms with van der Waals surface area (Å²) in [6.45, 7) is 2.01. The lowest BCUT2D eigenvalue weighted by Crippen LogP contribution is -2.04. The molecule has 2 heterocycles. The third-order valence-electron chi connectivity index (χ3n) is 3.50. The number of rotatable bonds is 8. The van der Waals surface area contributed by atoms with Crippen molar-refractivity contribution in [3.8, 4) is 11.4 Å². The number of nitrogens with one attached hydrogen (secondary N) is 1. The van der Waals surface area contributed by atoms with Crippen molar-refractivity contribution >= 4 is 5.82 Å². The van der Waals surface area contributed by atoms with Crippen LogP contribution in [0.4, 0.5) is 5.82 Å². The fourth-order valence-corrected chi connectivity index (χ4v) is 2.22. The lowest BCUT2D eigenvalue weighted by atomic mass is 10.3. The van der Waals surface area contributed by atoms with Gasteiger partial charge in [-0.3, -0.25) is 4.68 Å². The van der Waals surface area contributed by atoms with Crippen molar-refractivity contribution in [3.05, 3.63) is 48.4 Å². The van der Waals surface area contributed by atoms with Crippen LogP contribution in [0.3, 0.4) is 0 Å². The van der Waals surface area contributed by atoms with Crippen LogP contribution in [0.15, 0.2) is 42.9 Å². The first kappa shape index (κ1) is 16.0. The van der Waals surface area contributed by atoms with Crippen molar-refractivity contribution in [2.45, 2.75) is 13.1 Å². The summed E-state index contributed by atoms with van der Waals surface area (Å²) < 4.78 is 13.8. The van der Waals surface area contributed by atoms with E-state index in [1.807, 2.05) is 47.5 Å². The van der Waals surface area contributed by atoms with Gasteiger partial charge < -0.3 is 14.8 Å². The van der Waals surface area contributed by atoms with Crippen molar-refractivity contribution in [2.75, 3.05) is 26.1 Å². The molecule has 0 unspecified atom stereocenters. The van der Waals surface area contributed by atoms with E-state index < -0.39 is 0 Å². The van der Waals surface area contributed by atoms with Gasteiger partial charge in [-0.15, -0.1) is 5.10 Å². The number of methoxy groups -OCH3 is 2. The van der Waals surface area contributed by atoms with Gasteiger partial charge in [-0.2, -0.15) is 5.10 Å². The fraction of sp³-hybridized carbons (Fsp3) is 0.312. The fourth-order valence-electron chi connectivity index (χ4n) is 2.22. The Hall–Kier alpha value is -2.87. The van der Waals surface area contributed by atoms with Gasteiger partial charge in [0.15, 0.2) is 5.82 Å². The highest BCUT2D eigenvalue weighted by molar-refractivity contribution is 5.41. The van der Waals surface area contributed by atoms with Gasteiger partial charge in [0.05, 0.1) is 38.3 Å². The molecule has 24 heavy (non-hydrogen) atoms. The number of nitrogens with zero attached hydrogens (tertiary/aromatic N) is 5. The molecular formula is C16H20N6O2. The Bertz CT molecular complexity index is 782. The van der Waals surface area contributed by atoms with Crippen molar-refractivity contribution in [1.29, 1.82) is 0 Å². The Kier molecular flexibility index (Phi) is 5.07. The second kappa shape index (κ2) is 7.60. The Balaban J connectivity index is 1.60. The zero-order valence-electron chi connectivity index (χ0n) is 13.7. The molecule has 0 aliphatic heterocycles. The lowest BCUT2D eigenvalue weighted by Gasteiger charge is -2.03. The maximum absolute atomic E-state index is 5.22. The highest BCUT2D eigenvalue weighted by atomic mass is 16.5. The van der Waals surface area contributed by atoms with E-state index in [2.05, 4.69) is 20.7 Å². The summed E-state index contributed by atoms with van der Waals surface area (Å²) in [4.78, 5) is 0. The van der Waals surface area contributed by atoms with Crippen molar-refractivity contribution in [2.24, 2.45) is 0 Å². The lowest BCUT2D eigenvalue weighted by molar-refractivity contribution is 0.183. The number of hydrogen-bond donors (Lipinski definition) is 1. The van der Waals surface area contributed by atoms with Crippen LogP contribution < -0.4 is 10.1 Å². The first-order valence-corrected chi connectivity index (χ1v) is 7.59. The quantitative estimate of drug-likeness (QED) is 0.678. The predicted molar refractivity (Wildman–Crippen MR) is 89.3 cm³/mol. The van der Waals surface area contributed by atoms with Gasteiger partial charge in [0.1, 0.15) is 5.75 Å². The SMILES string of the molecule is COCCn1cc(CNc2cn(-c3cccc(OC)c3)nn2)cn1. The van der Waals surface area contributed by atoms with Gasteiger partial charge in [0, 0.05) is 31.5 Å². The van der Waals surface area contributed by atoms with Crippen molar-refractivity contribution in [3.63, 3.8) is 0 Å². The highest BCUT2D eigenvalue weighted by Gasteiger charge is 2.05. The van der Waals surface area contributed by atoms with E-state index in [9.17, 15) is 0 Å². The minimum Gasteiger partial charge on any atom is -0.497 e. The van der Waals surface area contributed by atoms with Gasteiger partial charge in [-0.1, -0.05) is 11.3 Å². The minimum atomic E-state index is 0.629. The molecule has 0 saturated carbocycles. The summed E-state index contributed by atoms with van der Waals surface area (Å²) in [6.07, 6.45) is 5.65. The van der Waals surface area contributed by atoms with E-state index in [-0.39, 0.29) is 0 Å². The average Bonchev–Trinajstić information content (AvgIpc) is 3.27. The summed E-state index contributed by atoms with van der Waals surface area (Å²) in [5, 5.41) is 15.8. The Morgan fingerprint density at radius 3 is 2.96 bits per heavy atom. The summed E-state index contributed by atoms with van der Waals surface area (Å²) in [5.41, 5.74) is 1.96. The van der Waals surface area contributed by atoms with E-state index in [4.69, 9.17) is 9.47 Å². The topological polar surface area (TPSA) is 79.0 Å². The molecule has 0 spiro atoms. The number of ether oxygens (including phenoxy) is 2. The van der Waals surface area contributed by atoms with Gasteiger partial charge >= 0.3 is 0 Å². The molecule has 0 radical (unpaired) electrons. The smallest absolute Gasteiger partial charge is 0.169 e. The zero-order chi connectivity index (χ0) is 16.8. The van der Waals surface area contributed by atoms with E-state index in [1.54, 1.807) is 18.9 Å². The second-order valence-electron chi connectivity index (χ2n) is 5.21. The molecule has 3 rings (SSSR count). The van der Waals surface area contributed by atoms with Crippen molar-refractivity contribution in [1.82, 2.24) is 24.8 Å². The van der Waals surface area contributed by atoms with E-state index in [0.29, 0.717) is 19.0 Å². The molecule has 8 nitrogen and oxygen atoms in total. The molecule has 2 aromatic heterocycles. The molecule has 0 bridgehead atoms. The van der Waals surface area contributed by atoms with Crippen LogP contribution in [0.1, 0.15) is 5.56 Å². The molecule has 1 aromatic carbocycles. The van der Waals surface area contributed by atoms with Crippen LogP contribution in [0.5, 0.6) is 5.75 Å². The van der Waals surface area contributed by atoms with Crippen LogP contribution in [-0.2, 0) is 17.8 Å². The number of aromatic nitrogens is 5. The van der Waals surface area contributed by atoms with Crippen LogP contribution in [0.2, 0.25) is 0 Å². The van der Waals surface area contributed by atoms with Crippen LogP contribution in [-0.4, -0.2) is 45.6 Å². The molecule has 0 amide bonds. The monoisotopic (exact) mass is 328 g/mol. The number of hydrogen-bond acceptors (Lipinski definition) is 6. The summed E-state index contributed by atoms with van der Waals surface area (Å²) in [6, 6.07) is 7.65. The maximum atomic E-state index is 5.22. The van der Waals surface area contributed by atoms with Gasteiger partial charge in [-0.05, 0) is 12.1 Å². The van der Waals surface area contributed by atoms with E-state index in [1.165, 1.54) is 0 Å². The first-order valence-electron chi connectivity index (χ1n) is 7.59. The molecule has 0 saturated heterocycles. The van der Waals surface area contributed by atoms with Crippen LogP contribution in [0.25, 0.3) is 5.69 Å². The third kappa shape index (κ3) is 3.90. The second-order valence-corrected chi connectivity index (χ2v) is 5.21. The van der Waals surface area contributed by atoms with Crippen LogP contribution >= 0.6 is 0 Å². The zero-order valence-corrected chi connectivity index (χ0v) is 13.7. The minimum absolute atomic E-state index is 0.629. The molecule has 0 aliphatic carbocycles. The number of anilines is 1. The summed E-state index contributed by atoms with van der Waals surface area (Å²) >= 11 is 0. The normalized spacial score (nSPS) is 10.8. The number of benzene rings is 1. The van der Waals surface area contributed by atoms with Gasteiger partial charge in [0.25, 0.3) is 0 Å². The van der Waals surface area contributed by atoms with Crippen LogP contribution in [0, 0.1) is 0 Å². The first-order chi connectivity index (χ1) is 11.8. The molecule has 1 N–H and O–H groups in total. The molecule has 3 aromatic rings. The summed E-state index contributed by atoms with van der Waals surface area (Å²) in [5.74, 6) is 1.48. The predicted octanol–water partition coefficient (Wildman–Crippen LogP) is 1.73. The molecule has 126 valence electrons. The Labute approximate surface area is 140 Å². The Morgan fingerprint density at radius 1 is 1.21 bits per heavy atom. The molecule has 8 heteroatoms. The van der Waals surface area contributed by atoms with E-state index >= 15 is 0 Å². The maximum Gasteiger partial charge on any atom is 0.169 e. The highest BCUT2D eigenvalue weighted by Crippen LogP contribution is 2.16. The molecule has 0 atom stereocenters. The largest absolute Gasteiger partial charge is 0.497 e. The third-order valence-corrected chi connectivity index (χ3v) is 3.50. The van der Waals surface area contributed by atoms with Gasteiger partial charge in [-0.25, -0.2) is 4.68 Å². The van der Waals surface area contributed by atoms with E-state index in [0.717, 1.165) is 23.5 Å². The molecule has 0 fully saturated rings. The molecule has 0 aliphatic rings. The standard InChI is InChI=1S/C16H20N6O2/c1-23-7-6-21-11-13(10-18-21)9-17-16-12-22(20-19-16)14-4-3-5-15(8-14)24-2/h3-5,8,10-12,17H,6-7,9H2,1-2H3. The summed E-state index contributed by atoms with van der Waals surface area (Å²) in [7, 11) is 3.32. The van der Waals surface area contributed by atoms with Crippen molar-refractivity contribution < 1.29 is 9.47 Å². The van der Waals surface area contributed by atoms with Gasteiger partial charge in [0.2, 0.25) is 0 Å². The Morgan fingerprint density at radius 2 is 2.12 bits per heavy atom. The average molecular weight is 328 g/mol.